The number of amides is 2. The number of carbonyl (C=O) groups excluding carboxylic acids is 3. The maximum atomic E-state index is 12.6. The zero-order chi connectivity index (χ0) is 22.0. The second-order valence-electron chi connectivity index (χ2n) is 7.67. The molecule has 8 nitrogen and oxygen atoms in total. The van der Waals surface area contributed by atoms with Crippen LogP contribution in [0.1, 0.15) is 18.9 Å². The summed E-state index contributed by atoms with van der Waals surface area (Å²) in [7, 11) is 0. The highest BCUT2D eigenvalue weighted by Gasteiger charge is 2.37. The Bertz CT molecular complexity index is 1000. The van der Waals surface area contributed by atoms with Gasteiger partial charge in [-0.25, -0.2) is 0 Å². The van der Waals surface area contributed by atoms with E-state index >= 15 is 0 Å². The Kier molecular flexibility index (Phi) is 5.79. The van der Waals surface area contributed by atoms with Crippen LogP contribution in [0.5, 0.6) is 11.5 Å². The third kappa shape index (κ3) is 4.63. The van der Waals surface area contributed by atoms with Crippen molar-refractivity contribution in [1.82, 2.24) is 0 Å². The van der Waals surface area contributed by atoms with Crippen LogP contribution in [-0.4, -0.2) is 43.6 Å². The van der Waals surface area contributed by atoms with Gasteiger partial charge in [0.15, 0.2) is 17.6 Å². The number of carbonyl (C=O) groups is 3. The van der Waals surface area contributed by atoms with Crippen molar-refractivity contribution in [3.63, 3.8) is 0 Å². The quantitative estimate of drug-likeness (QED) is 0.742. The zero-order valence-electron chi connectivity index (χ0n) is 17.4. The Hall–Kier alpha value is -3.55. The van der Waals surface area contributed by atoms with Crippen LogP contribution < -0.4 is 19.7 Å². The molecule has 0 radical (unpaired) electrons. The summed E-state index contributed by atoms with van der Waals surface area (Å²) in [5.41, 5.74) is 2.35. The van der Waals surface area contributed by atoms with Crippen molar-refractivity contribution in [1.29, 1.82) is 0 Å². The third-order valence-corrected chi connectivity index (χ3v) is 5.28. The first-order chi connectivity index (χ1) is 14.9. The number of fused-ring (bicyclic) bond motifs is 1. The molecule has 2 amide bonds. The summed E-state index contributed by atoms with van der Waals surface area (Å²) in [6, 6.07) is 12.6. The van der Waals surface area contributed by atoms with Gasteiger partial charge in [-0.05, 0) is 38.1 Å². The molecule has 0 saturated carbocycles. The Morgan fingerprint density at radius 3 is 2.55 bits per heavy atom. The summed E-state index contributed by atoms with van der Waals surface area (Å²) in [6.45, 7) is 4.62. The molecule has 1 fully saturated rings. The molecule has 31 heavy (non-hydrogen) atoms. The van der Waals surface area contributed by atoms with E-state index in [0.29, 0.717) is 30.4 Å². The number of nitrogens with one attached hydrogen (secondary N) is 1. The fourth-order valence-electron chi connectivity index (χ4n) is 3.53. The molecule has 0 aliphatic carbocycles. The summed E-state index contributed by atoms with van der Waals surface area (Å²) in [4.78, 5) is 39.0. The molecule has 2 aromatic carbocycles. The van der Waals surface area contributed by atoms with Gasteiger partial charge in [0.25, 0.3) is 5.91 Å². The monoisotopic (exact) mass is 424 g/mol. The number of aryl methyl sites for hydroxylation is 1. The van der Waals surface area contributed by atoms with Gasteiger partial charge in [-0.1, -0.05) is 17.7 Å². The number of esters is 1. The van der Waals surface area contributed by atoms with E-state index in [1.165, 1.54) is 6.92 Å². The van der Waals surface area contributed by atoms with E-state index in [0.717, 1.165) is 11.3 Å². The van der Waals surface area contributed by atoms with Crippen molar-refractivity contribution in [3.8, 4) is 11.5 Å². The molecule has 2 aliphatic rings. The van der Waals surface area contributed by atoms with Crippen LogP contribution in [0.15, 0.2) is 42.5 Å². The molecular formula is C23H24N2O6. The molecule has 1 N–H and O–H groups in total. The maximum absolute atomic E-state index is 12.6. The van der Waals surface area contributed by atoms with Crippen molar-refractivity contribution in [2.24, 2.45) is 5.92 Å². The molecule has 2 aliphatic heterocycles. The summed E-state index contributed by atoms with van der Waals surface area (Å²) in [5, 5.41) is 2.71. The van der Waals surface area contributed by atoms with Crippen molar-refractivity contribution in [2.45, 2.75) is 26.4 Å². The molecule has 0 bridgehead atoms. The summed E-state index contributed by atoms with van der Waals surface area (Å²) in [6.07, 6.45) is -0.951. The number of ether oxygens (including phenoxy) is 3. The van der Waals surface area contributed by atoms with E-state index in [9.17, 15) is 14.4 Å². The highest BCUT2D eigenvalue weighted by molar-refractivity contribution is 6.00. The van der Waals surface area contributed by atoms with Crippen LogP contribution in [0, 0.1) is 12.8 Å². The minimum Gasteiger partial charge on any atom is -0.486 e. The van der Waals surface area contributed by atoms with Gasteiger partial charge < -0.3 is 24.4 Å². The fourth-order valence-corrected chi connectivity index (χ4v) is 3.53. The number of rotatable bonds is 5. The summed E-state index contributed by atoms with van der Waals surface area (Å²) < 4.78 is 16.3. The van der Waals surface area contributed by atoms with Crippen LogP contribution in [0.2, 0.25) is 0 Å². The minimum atomic E-state index is -1.01. The predicted molar refractivity (Wildman–Crippen MR) is 113 cm³/mol. The van der Waals surface area contributed by atoms with Crippen LogP contribution in [0.25, 0.3) is 0 Å². The van der Waals surface area contributed by atoms with E-state index in [1.807, 2.05) is 31.2 Å². The molecular weight excluding hydrogens is 400 g/mol. The van der Waals surface area contributed by atoms with Crippen LogP contribution in [0.4, 0.5) is 11.4 Å². The first-order valence-corrected chi connectivity index (χ1v) is 10.2. The molecule has 1 saturated heterocycles. The fraction of sp³-hybridized carbons (Fsp3) is 0.348. The van der Waals surface area contributed by atoms with Crippen LogP contribution in [-0.2, 0) is 19.1 Å². The van der Waals surface area contributed by atoms with Crippen LogP contribution in [0.3, 0.4) is 0 Å². The Morgan fingerprint density at radius 1 is 1.10 bits per heavy atom. The maximum Gasteiger partial charge on any atom is 0.312 e. The molecule has 0 spiro atoms. The van der Waals surface area contributed by atoms with Gasteiger partial charge >= 0.3 is 5.97 Å². The largest absolute Gasteiger partial charge is 0.486 e. The number of benzene rings is 2. The van der Waals surface area contributed by atoms with Gasteiger partial charge in [0.05, 0.1) is 5.92 Å². The van der Waals surface area contributed by atoms with Gasteiger partial charge in [0, 0.05) is 30.4 Å². The Morgan fingerprint density at radius 2 is 1.81 bits per heavy atom. The van der Waals surface area contributed by atoms with E-state index < -0.39 is 23.9 Å². The number of hydrogen-bond donors (Lipinski definition) is 1. The van der Waals surface area contributed by atoms with E-state index in [2.05, 4.69) is 5.32 Å². The average Bonchev–Trinajstić information content (AvgIpc) is 3.16. The smallest absolute Gasteiger partial charge is 0.312 e. The Labute approximate surface area is 180 Å². The first kappa shape index (κ1) is 20.7. The zero-order valence-corrected chi connectivity index (χ0v) is 17.4. The summed E-state index contributed by atoms with van der Waals surface area (Å²) >= 11 is 0. The van der Waals surface area contributed by atoms with Crippen molar-refractivity contribution in [3.05, 3.63) is 48.0 Å². The second-order valence-corrected chi connectivity index (χ2v) is 7.67. The van der Waals surface area contributed by atoms with Crippen molar-refractivity contribution < 1.29 is 28.6 Å². The molecule has 2 heterocycles. The van der Waals surface area contributed by atoms with Gasteiger partial charge in [-0.2, -0.15) is 0 Å². The molecule has 8 heteroatoms. The molecule has 2 unspecified atom stereocenters. The molecule has 162 valence electrons. The van der Waals surface area contributed by atoms with Crippen LogP contribution >= 0.6 is 0 Å². The van der Waals surface area contributed by atoms with Gasteiger partial charge in [0.1, 0.15) is 13.2 Å². The van der Waals surface area contributed by atoms with E-state index in [4.69, 9.17) is 14.2 Å². The Balaban J connectivity index is 1.33. The van der Waals surface area contributed by atoms with E-state index in [1.54, 1.807) is 23.1 Å². The lowest BCUT2D eigenvalue weighted by Crippen LogP contribution is -2.33. The topological polar surface area (TPSA) is 94.2 Å². The van der Waals surface area contributed by atoms with Crippen molar-refractivity contribution >= 4 is 29.2 Å². The summed E-state index contributed by atoms with van der Waals surface area (Å²) in [5.74, 6) is -0.614. The van der Waals surface area contributed by atoms with Crippen molar-refractivity contribution in [2.75, 3.05) is 30.0 Å². The highest BCUT2D eigenvalue weighted by atomic mass is 16.6. The minimum absolute atomic E-state index is 0.0587. The number of anilines is 2. The first-order valence-electron chi connectivity index (χ1n) is 10.2. The lowest BCUT2D eigenvalue weighted by molar-refractivity contribution is -0.157. The van der Waals surface area contributed by atoms with Gasteiger partial charge in [-0.15, -0.1) is 0 Å². The molecule has 2 aromatic rings. The number of nitrogens with zero attached hydrogens (tertiary/aromatic N) is 1. The van der Waals surface area contributed by atoms with Gasteiger partial charge in [0.2, 0.25) is 5.91 Å². The molecule has 0 aromatic heterocycles. The lowest BCUT2D eigenvalue weighted by Gasteiger charge is -2.20. The molecule has 2 atom stereocenters. The second kappa shape index (κ2) is 8.67. The predicted octanol–water partition coefficient (Wildman–Crippen LogP) is 2.69. The lowest BCUT2D eigenvalue weighted by atomic mass is 10.1. The normalized spacial score (nSPS) is 18.5. The average molecular weight is 424 g/mol. The van der Waals surface area contributed by atoms with E-state index in [-0.39, 0.29) is 18.9 Å². The third-order valence-electron chi connectivity index (χ3n) is 5.28. The molecule has 4 rings (SSSR count). The van der Waals surface area contributed by atoms with Gasteiger partial charge in [-0.3, -0.25) is 14.4 Å². The SMILES string of the molecule is Cc1ccc(N2CC(C(=O)OC(C)C(=O)Nc3ccc4c(c3)OCCO4)CC2=O)cc1. The number of hydrogen-bond acceptors (Lipinski definition) is 6. The highest BCUT2D eigenvalue weighted by Crippen LogP contribution is 2.32. The standard InChI is InChI=1S/C23H24N2O6/c1-14-3-6-18(7-4-14)25-13-16(11-21(25)26)23(28)31-15(2)22(27)24-17-5-8-19-20(12-17)30-10-9-29-19/h3-8,12,15-16H,9-11,13H2,1-2H3,(H,24,27).